The van der Waals surface area contributed by atoms with E-state index in [1.165, 1.54) is 11.8 Å². The first kappa shape index (κ1) is 20.5. The Hall–Kier alpha value is -3.28. The SMILES string of the molecule is CC(=O)c1ccc(/N=N/C(C(=O)N(C)C)=C2\NC(C)(C)Cc3ccccc32)cc1. The standard InChI is InChI=1S/C23H26N4O2/c1-15(28)16-10-12-18(13-11-16)25-26-21(22(29)27(4)5)20-19-9-7-6-8-17(19)14-23(2,3)24-20/h6-13,24H,14H2,1-5H3/b21-20-,26-25+. The monoisotopic (exact) mass is 390 g/mol. The van der Waals surface area contributed by atoms with E-state index < -0.39 is 0 Å². The summed E-state index contributed by atoms with van der Waals surface area (Å²) in [6, 6.07) is 14.9. The number of amides is 1. The number of Topliss-reactive ketones (excluding diaryl/α,β-unsaturated/α-hetero) is 1. The average Bonchev–Trinajstić information content (AvgIpc) is 2.67. The van der Waals surface area contributed by atoms with Crippen LogP contribution in [0.25, 0.3) is 5.70 Å². The van der Waals surface area contributed by atoms with Gasteiger partial charge in [-0.15, -0.1) is 5.11 Å². The van der Waals surface area contributed by atoms with Crippen molar-refractivity contribution in [1.82, 2.24) is 10.2 Å². The van der Waals surface area contributed by atoms with Crippen molar-refractivity contribution in [3.63, 3.8) is 0 Å². The summed E-state index contributed by atoms with van der Waals surface area (Å²) >= 11 is 0. The molecular weight excluding hydrogens is 364 g/mol. The fourth-order valence-electron chi connectivity index (χ4n) is 3.31. The molecule has 0 aromatic heterocycles. The Labute approximate surface area is 171 Å². The molecule has 3 rings (SSSR count). The topological polar surface area (TPSA) is 74.1 Å². The Morgan fingerprint density at radius 1 is 1.03 bits per heavy atom. The van der Waals surface area contributed by atoms with Gasteiger partial charge in [-0.05, 0) is 57.0 Å². The summed E-state index contributed by atoms with van der Waals surface area (Å²) in [5.41, 5.74) is 4.02. The van der Waals surface area contributed by atoms with Crippen molar-refractivity contribution in [3.8, 4) is 0 Å². The van der Waals surface area contributed by atoms with E-state index >= 15 is 0 Å². The molecule has 0 radical (unpaired) electrons. The molecule has 1 heterocycles. The second-order valence-electron chi connectivity index (χ2n) is 8.07. The third-order valence-corrected chi connectivity index (χ3v) is 4.77. The van der Waals surface area contributed by atoms with E-state index in [1.54, 1.807) is 38.4 Å². The number of benzene rings is 2. The van der Waals surface area contributed by atoms with Gasteiger partial charge in [0.1, 0.15) is 0 Å². The molecule has 1 N–H and O–H groups in total. The number of nitrogens with one attached hydrogen (secondary N) is 1. The van der Waals surface area contributed by atoms with Gasteiger partial charge in [0, 0.05) is 30.8 Å². The Kier molecular flexibility index (Phi) is 5.64. The van der Waals surface area contributed by atoms with Crippen LogP contribution in [-0.2, 0) is 11.2 Å². The van der Waals surface area contributed by atoms with Crippen LogP contribution in [0.4, 0.5) is 5.69 Å². The minimum Gasteiger partial charge on any atom is -0.377 e. The van der Waals surface area contributed by atoms with Crippen LogP contribution >= 0.6 is 0 Å². The highest BCUT2D eigenvalue weighted by molar-refractivity contribution is 6.01. The Morgan fingerprint density at radius 2 is 1.69 bits per heavy atom. The average molecular weight is 390 g/mol. The first-order valence-electron chi connectivity index (χ1n) is 9.53. The van der Waals surface area contributed by atoms with Gasteiger partial charge in [-0.25, -0.2) is 0 Å². The summed E-state index contributed by atoms with van der Waals surface area (Å²) in [4.78, 5) is 25.9. The van der Waals surface area contributed by atoms with E-state index in [9.17, 15) is 9.59 Å². The lowest BCUT2D eigenvalue weighted by Gasteiger charge is -2.36. The molecule has 0 fully saturated rings. The van der Waals surface area contributed by atoms with E-state index in [0.29, 0.717) is 16.9 Å². The number of hydrogen-bond acceptors (Lipinski definition) is 5. The Balaban J connectivity index is 2.10. The summed E-state index contributed by atoms with van der Waals surface area (Å²) in [6.07, 6.45) is 0.847. The van der Waals surface area contributed by atoms with Crippen LogP contribution in [0.2, 0.25) is 0 Å². The number of carbonyl (C=O) groups is 2. The normalized spacial score (nSPS) is 16.7. The molecule has 29 heavy (non-hydrogen) atoms. The van der Waals surface area contributed by atoms with Gasteiger partial charge in [0.2, 0.25) is 0 Å². The highest BCUT2D eigenvalue weighted by Gasteiger charge is 2.31. The van der Waals surface area contributed by atoms with Crippen LogP contribution in [0.15, 0.2) is 64.5 Å². The van der Waals surface area contributed by atoms with E-state index in [2.05, 4.69) is 35.5 Å². The quantitative estimate of drug-likeness (QED) is 0.479. The molecule has 6 heteroatoms. The van der Waals surface area contributed by atoms with E-state index in [0.717, 1.165) is 17.5 Å². The zero-order chi connectivity index (χ0) is 21.2. The number of rotatable bonds is 4. The number of ketones is 1. The van der Waals surface area contributed by atoms with Crippen LogP contribution < -0.4 is 5.32 Å². The van der Waals surface area contributed by atoms with E-state index in [1.807, 2.05) is 18.2 Å². The Bertz CT molecular complexity index is 1000. The van der Waals surface area contributed by atoms with Crippen molar-refractivity contribution < 1.29 is 9.59 Å². The summed E-state index contributed by atoms with van der Waals surface area (Å²) < 4.78 is 0. The maximum Gasteiger partial charge on any atom is 0.276 e. The first-order valence-corrected chi connectivity index (χ1v) is 9.53. The predicted octanol–water partition coefficient (Wildman–Crippen LogP) is 4.35. The third kappa shape index (κ3) is 4.59. The lowest BCUT2D eigenvalue weighted by molar-refractivity contribution is -0.124. The van der Waals surface area contributed by atoms with Crippen molar-refractivity contribution in [2.24, 2.45) is 10.2 Å². The zero-order valence-electron chi connectivity index (χ0n) is 17.5. The zero-order valence-corrected chi connectivity index (χ0v) is 17.5. The fraction of sp³-hybridized carbons (Fsp3) is 0.304. The van der Waals surface area contributed by atoms with Gasteiger partial charge < -0.3 is 10.2 Å². The molecule has 0 spiro atoms. The Morgan fingerprint density at radius 3 is 2.31 bits per heavy atom. The van der Waals surface area contributed by atoms with Crippen LogP contribution in [-0.4, -0.2) is 36.2 Å². The van der Waals surface area contributed by atoms with Crippen molar-refractivity contribution in [3.05, 3.63) is 70.9 Å². The lowest BCUT2D eigenvalue weighted by atomic mass is 9.85. The summed E-state index contributed by atoms with van der Waals surface area (Å²) in [6.45, 7) is 5.71. The molecule has 0 bridgehead atoms. The molecule has 1 aliphatic rings. The molecule has 0 aliphatic carbocycles. The summed E-state index contributed by atoms with van der Waals surface area (Å²) in [7, 11) is 3.39. The third-order valence-electron chi connectivity index (χ3n) is 4.77. The molecule has 0 unspecified atom stereocenters. The number of azo groups is 1. The number of nitrogens with zero attached hydrogens (tertiary/aromatic N) is 3. The maximum absolute atomic E-state index is 13.0. The van der Waals surface area contributed by atoms with Gasteiger partial charge in [-0.3, -0.25) is 9.59 Å². The molecule has 0 saturated carbocycles. The molecule has 1 aliphatic heterocycles. The molecule has 0 saturated heterocycles. The number of fused-ring (bicyclic) bond motifs is 1. The van der Waals surface area contributed by atoms with Gasteiger partial charge in [0.25, 0.3) is 5.91 Å². The van der Waals surface area contributed by atoms with Crippen LogP contribution in [0.5, 0.6) is 0 Å². The van der Waals surface area contributed by atoms with Crippen molar-refractivity contribution >= 4 is 23.1 Å². The van der Waals surface area contributed by atoms with Gasteiger partial charge in [-0.1, -0.05) is 24.3 Å². The molecular formula is C23H26N4O2. The highest BCUT2D eigenvalue weighted by atomic mass is 16.2. The smallest absolute Gasteiger partial charge is 0.276 e. The first-order chi connectivity index (χ1) is 13.7. The molecule has 6 nitrogen and oxygen atoms in total. The lowest BCUT2D eigenvalue weighted by Crippen LogP contribution is -2.44. The maximum atomic E-state index is 13.0. The molecule has 2 aromatic carbocycles. The van der Waals surface area contributed by atoms with Crippen molar-refractivity contribution in [2.45, 2.75) is 32.7 Å². The largest absolute Gasteiger partial charge is 0.377 e. The molecule has 1 amide bonds. The van der Waals surface area contributed by atoms with Gasteiger partial charge in [0.05, 0.1) is 11.4 Å². The molecule has 0 atom stereocenters. The van der Waals surface area contributed by atoms with E-state index in [-0.39, 0.29) is 22.9 Å². The molecule has 150 valence electrons. The van der Waals surface area contributed by atoms with Gasteiger partial charge in [0.15, 0.2) is 11.5 Å². The molecule has 2 aromatic rings. The summed E-state index contributed by atoms with van der Waals surface area (Å²) in [5, 5.41) is 12.1. The minimum absolute atomic E-state index is 0.00988. The van der Waals surface area contributed by atoms with Crippen molar-refractivity contribution in [2.75, 3.05) is 14.1 Å². The fourth-order valence-corrected chi connectivity index (χ4v) is 3.31. The minimum atomic E-state index is -0.232. The van der Waals surface area contributed by atoms with Gasteiger partial charge >= 0.3 is 0 Å². The second-order valence-corrected chi connectivity index (χ2v) is 8.07. The van der Waals surface area contributed by atoms with Crippen LogP contribution in [0, 0.1) is 0 Å². The van der Waals surface area contributed by atoms with Crippen molar-refractivity contribution in [1.29, 1.82) is 0 Å². The van der Waals surface area contributed by atoms with Crippen LogP contribution in [0.1, 0.15) is 42.3 Å². The number of carbonyl (C=O) groups excluding carboxylic acids is 2. The number of hydrogen-bond donors (Lipinski definition) is 1. The predicted molar refractivity (Wildman–Crippen MR) is 114 cm³/mol. The number of likely N-dealkylation sites (N-methyl/N-ethyl adjacent to an activating group) is 1. The van der Waals surface area contributed by atoms with Gasteiger partial charge in [-0.2, -0.15) is 5.11 Å². The summed E-state index contributed by atoms with van der Waals surface area (Å²) in [5.74, 6) is -0.242. The highest BCUT2D eigenvalue weighted by Crippen LogP contribution is 2.32. The second kappa shape index (κ2) is 7.99. The van der Waals surface area contributed by atoms with E-state index in [4.69, 9.17) is 0 Å². The van der Waals surface area contributed by atoms with Crippen LogP contribution in [0.3, 0.4) is 0 Å².